The van der Waals surface area contributed by atoms with Crippen molar-refractivity contribution in [3.8, 4) is 27.6 Å². The smallest absolute Gasteiger partial charge is 0.337 e. The van der Waals surface area contributed by atoms with Gasteiger partial charge in [0.2, 0.25) is 5.13 Å². The van der Waals surface area contributed by atoms with E-state index in [-0.39, 0.29) is 16.9 Å². The lowest BCUT2D eigenvalue weighted by Gasteiger charge is -2.00. The summed E-state index contributed by atoms with van der Waals surface area (Å²) in [5, 5.41) is 23.1. The van der Waals surface area contributed by atoms with Crippen molar-refractivity contribution in [1.82, 2.24) is 14.8 Å². The number of thiazole rings is 1. The monoisotopic (exact) mass is 467 g/mol. The fourth-order valence-corrected chi connectivity index (χ4v) is 4.21. The Labute approximate surface area is 197 Å². The quantitative estimate of drug-likeness (QED) is 0.295. The van der Waals surface area contributed by atoms with E-state index >= 15 is 0 Å². The third-order valence-electron chi connectivity index (χ3n) is 5.07. The Hall–Kier alpha value is -4.63. The zero-order valence-electron chi connectivity index (χ0n) is 17.6. The highest BCUT2D eigenvalue weighted by Gasteiger charge is 2.19. The maximum Gasteiger partial charge on any atom is 0.337 e. The molecule has 9 heteroatoms. The van der Waals surface area contributed by atoms with E-state index in [1.807, 2.05) is 66.0 Å². The lowest BCUT2D eigenvalue weighted by molar-refractivity contribution is 0.0697. The fourth-order valence-electron chi connectivity index (χ4n) is 3.42. The molecule has 8 nitrogen and oxygen atoms in total. The van der Waals surface area contributed by atoms with E-state index in [2.05, 4.69) is 20.3 Å². The zero-order valence-corrected chi connectivity index (χ0v) is 18.4. The van der Waals surface area contributed by atoms with Crippen molar-refractivity contribution in [1.29, 1.82) is 0 Å². The second-order valence-corrected chi connectivity index (χ2v) is 8.08. The number of carboxylic acids is 1. The summed E-state index contributed by atoms with van der Waals surface area (Å²) >= 11 is 1.32. The average Bonchev–Trinajstić information content (AvgIpc) is 3.49. The van der Waals surface area contributed by atoms with Crippen molar-refractivity contribution < 1.29 is 9.90 Å². The molecule has 2 heterocycles. The van der Waals surface area contributed by atoms with Gasteiger partial charge in [-0.3, -0.25) is 9.89 Å². The maximum atomic E-state index is 13.4. The molecule has 2 N–H and O–H groups in total. The van der Waals surface area contributed by atoms with Crippen molar-refractivity contribution in [2.75, 3.05) is 0 Å². The molecule has 5 aromatic rings. The molecule has 0 bridgehead atoms. The minimum atomic E-state index is -1.12. The van der Waals surface area contributed by atoms with Crippen LogP contribution in [0.3, 0.4) is 0 Å². The topological polar surface area (TPSA) is 113 Å². The normalized spacial score (nSPS) is 11.2. The predicted molar refractivity (Wildman–Crippen MR) is 131 cm³/mol. The Bertz CT molecular complexity index is 1550. The molecule has 0 aliphatic heterocycles. The third kappa shape index (κ3) is 4.07. The molecule has 0 fully saturated rings. The molecule has 0 saturated carbocycles. The van der Waals surface area contributed by atoms with Gasteiger partial charge in [0.15, 0.2) is 5.69 Å². The number of benzene rings is 3. The van der Waals surface area contributed by atoms with Crippen molar-refractivity contribution in [3.63, 3.8) is 0 Å². The number of rotatable bonds is 6. The summed E-state index contributed by atoms with van der Waals surface area (Å²) < 4.78 is 1.33. The second-order valence-electron chi connectivity index (χ2n) is 7.25. The van der Waals surface area contributed by atoms with Gasteiger partial charge in [-0.1, -0.05) is 72.8 Å². The molecule has 2 aromatic heterocycles. The second kappa shape index (κ2) is 9.08. The van der Waals surface area contributed by atoms with Crippen LogP contribution in [-0.4, -0.2) is 25.8 Å². The number of nitrogens with zero attached hydrogens (tertiary/aromatic N) is 4. The van der Waals surface area contributed by atoms with Gasteiger partial charge in [0.05, 0.1) is 17.0 Å². The van der Waals surface area contributed by atoms with E-state index in [9.17, 15) is 14.7 Å². The number of nitrogens with one attached hydrogen (secondary N) is 1. The third-order valence-corrected chi connectivity index (χ3v) is 5.90. The molecule has 0 spiro atoms. The van der Waals surface area contributed by atoms with Crippen molar-refractivity contribution >= 4 is 28.7 Å². The molecule has 0 aliphatic carbocycles. The van der Waals surface area contributed by atoms with Crippen LogP contribution < -0.4 is 5.56 Å². The maximum absolute atomic E-state index is 13.4. The molecule has 0 saturated heterocycles. The highest BCUT2D eigenvalue weighted by molar-refractivity contribution is 7.12. The molecule has 0 radical (unpaired) electrons. The van der Waals surface area contributed by atoms with E-state index < -0.39 is 11.5 Å². The number of azo groups is 1. The van der Waals surface area contributed by atoms with Gasteiger partial charge in [-0.2, -0.15) is 4.68 Å². The van der Waals surface area contributed by atoms with Crippen molar-refractivity contribution in [2.24, 2.45) is 10.2 Å². The van der Waals surface area contributed by atoms with Crippen LogP contribution in [0.2, 0.25) is 0 Å². The Morgan fingerprint density at radius 3 is 2.24 bits per heavy atom. The summed E-state index contributed by atoms with van der Waals surface area (Å²) in [5.41, 5.74) is 2.65. The highest BCUT2D eigenvalue weighted by Crippen LogP contribution is 2.30. The summed E-state index contributed by atoms with van der Waals surface area (Å²) in [7, 11) is 0. The molecular weight excluding hydrogens is 450 g/mol. The summed E-state index contributed by atoms with van der Waals surface area (Å²) in [6.07, 6.45) is 0. The summed E-state index contributed by atoms with van der Waals surface area (Å²) in [6.45, 7) is 0. The Morgan fingerprint density at radius 2 is 1.53 bits per heavy atom. The van der Waals surface area contributed by atoms with Gasteiger partial charge >= 0.3 is 11.5 Å². The number of carboxylic acid groups (broad SMARTS) is 1. The number of hydrogen-bond donors (Lipinski definition) is 2. The van der Waals surface area contributed by atoms with Crippen LogP contribution in [0.1, 0.15) is 10.4 Å². The SMILES string of the molecule is O=C(O)c1ccccc1N=Nc1c(-c2ccccc2)[nH]n(-c2nc(-c3ccccc3)cs2)c1=O. The van der Waals surface area contributed by atoms with E-state index in [0.717, 1.165) is 16.8 Å². The van der Waals surface area contributed by atoms with Gasteiger partial charge in [-0.15, -0.1) is 21.6 Å². The molecule has 0 aliphatic rings. The standard InChI is InChI=1S/C25H17N5O3S/c31-23-22(28-27-19-14-8-7-13-18(19)24(32)33)21(17-11-5-2-6-12-17)29-30(23)25-26-20(15-34-25)16-9-3-1-4-10-16/h1-15,29H,(H,32,33). The lowest BCUT2D eigenvalue weighted by Crippen LogP contribution is -2.13. The van der Waals surface area contributed by atoms with E-state index in [1.54, 1.807) is 12.1 Å². The van der Waals surface area contributed by atoms with E-state index in [0.29, 0.717) is 10.8 Å². The van der Waals surface area contributed by atoms with Crippen LogP contribution in [0, 0.1) is 0 Å². The van der Waals surface area contributed by atoms with Crippen LogP contribution in [0.15, 0.2) is 105 Å². The molecule has 0 amide bonds. The molecule has 166 valence electrons. The number of aromatic nitrogens is 3. The average molecular weight is 468 g/mol. The molecule has 0 atom stereocenters. The predicted octanol–water partition coefficient (Wildman–Crippen LogP) is 6.07. The Balaban J connectivity index is 1.62. The fraction of sp³-hybridized carbons (Fsp3) is 0. The number of aromatic amines is 1. The van der Waals surface area contributed by atoms with E-state index in [4.69, 9.17) is 0 Å². The van der Waals surface area contributed by atoms with Gasteiger partial charge in [0, 0.05) is 16.5 Å². The van der Waals surface area contributed by atoms with Crippen molar-refractivity contribution in [2.45, 2.75) is 0 Å². The van der Waals surface area contributed by atoms with Crippen LogP contribution >= 0.6 is 11.3 Å². The van der Waals surface area contributed by atoms with Crippen LogP contribution in [-0.2, 0) is 0 Å². The first-order chi connectivity index (χ1) is 16.6. The first kappa shape index (κ1) is 21.2. The van der Waals surface area contributed by atoms with Gasteiger partial charge in [0.25, 0.3) is 0 Å². The van der Waals surface area contributed by atoms with Gasteiger partial charge in [-0.05, 0) is 12.1 Å². The first-order valence-electron chi connectivity index (χ1n) is 10.3. The van der Waals surface area contributed by atoms with Crippen LogP contribution in [0.5, 0.6) is 0 Å². The number of carbonyl (C=O) groups is 1. The van der Waals surface area contributed by atoms with Gasteiger partial charge < -0.3 is 5.11 Å². The van der Waals surface area contributed by atoms with Gasteiger partial charge in [-0.25, -0.2) is 9.78 Å². The minimum absolute atomic E-state index is 0.00389. The van der Waals surface area contributed by atoms with E-state index in [1.165, 1.54) is 28.2 Å². The summed E-state index contributed by atoms with van der Waals surface area (Å²) in [5.74, 6) is -1.12. The lowest BCUT2D eigenvalue weighted by atomic mass is 10.1. The van der Waals surface area contributed by atoms with Gasteiger partial charge in [0.1, 0.15) is 5.69 Å². The molecular formula is C25H17N5O3S. The molecule has 34 heavy (non-hydrogen) atoms. The van der Waals surface area contributed by atoms with Crippen LogP contribution in [0.4, 0.5) is 11.4 Å². The molecule has 5 rings (SSSR count). The minimum Gasteiger partial charge on any atom is -0.478 e. The summed E-state index contributed by atoms with van der Waals surface area (Å²) in [6, 6.07) is 25.2. The summed E-state index contributed by atoms with van der Waals surface area (Å²) in [4.78, 5) is 29.5. The zero-order chi connectivity index (χ0) is 23.5. The molecule has 3 aromatic carbocycles. The first-order valence-corrected chi connectivity index (χ1v) is 11.2. The number of hydrogen-bond acceptors (Lipinski definition) is 6. The highest BCUT2D eigenvalue weighted by atomic mass is 32.1. The molecule has 0 unspecified atom stereocenters. The number of aromatic carboxylic acids is 1. The Morgan fingerprint density at radius 1 is 0.882 bits per heavy atom. The van der Waals surface area contributed by atoms with Crippen LogP contribution in [0.25, 0.3) is 27.6 Å². The Kier molecular flexibility index (Phi) is 5.67. The number of H-pyrrole nitrogens is 1. The van der Waals surface area contributed by atoms with Crippen molar-refractivity contribution in [3.05, 3.63) is 106 Å². The largest absolute Gasteiger partial charge is 0.478 e.